The van der Waals surface area contributed by atoms with Crippen LogP contribution in [0.3, 0.4) is 0 Å². The lowest BCUT2D eigenvalue weighted by atomic mass is 10.2. The molecule has 0 amide bonds. The third-order valence-corrected chi connectivity index (χ3v) is 2.05. The van der Waals surface area contributed by atoms with Crippen LogP contribution in [0, 0.1) is 0 Å². The van der Waals surface area contributed by atoms with Crippen molar-refractivity contribution in [2.45, 2.75) is 0 Å². The highest BCUT2D eigenvalue weighted by Crippen LogP contribution is 2.23. The van der Waals surface area contributed by atoms with E-state index in [1.54, 1.807) is 13.2 Å². The molecule has 0 radical (unpaired) electrons. The summed E-state index contributed by atoms with van der Waals surface area (Å²) in [7, 11) is 3.55. The second-order valence-corrected chi connectivity index (χ2v) is 3.28. The minimum absolute atomic E-state index is 0.688. The number of benzene rings is 1. The van der Waals surface area contributed by atoms with Crippen LogP contribution in [0.1, 0.15) is 5.56 Å². The van der Waals surface area contributed by atoms with E-state index in [9.17, 15) is 0 Å². The summed E-state index contributed by atoms with van der Waals surface area (Å²) in [6.45, 7) is 0.839. The number of methoxy groups -OCH3 is 1. The quantitative estimate of drug-likeness (QED) is 0.827. The summed E-state index contributed by atoms with van der Waals surface area (Å²) in [6.07, 6.45) is 4.04. The van der Waals surface area contributed by atoms with Crippen LogP contribution in [-0.4, -0.2) is 20.7 Å². The first-order valence-corrected chi connectivity index (χ1v) is 4.80. The van der Waals surface area contributed by atoms with Gasteiger partial charge in [0, 0.05) is 17.1 Å². The van der Waals surface area contributed by atoms with Gasteiger partial charge in [-0.15, -0.1) is 0 Å². The van der Waals surface area contributed by atoms with E-state index in [4.69, 9.17) is 16.3 Å². The van der Waals surface area contributed by atoms with Gasteiger partial charge in [-0.05, 0) is 25.2 Å². The van der Waals surface area contributed by atoms with Gasteiger partial charge < -0.3 is 10.1 Å². The Labute approximate surface area is 89.5 Å². The lowest BCUT2D eigenvalue weighted by Gasteiger charge is -2.04. The van der Waals surface area contributed by atoms with Crippen LogP contribution in [0.2, 0.25) is 5.02 Å². The topological polar surface area (TPSA) is 21.3 Å². The van der Waals surface area contributed by atoms with Gasteiger partial charge in [0.25, 0.3) is 0 Å². The van der Waals surface area contributed by atoms with Gasteiger partial charge in [0.1, 0.15) is 5.75 Å². The first kappa shape index (κ1) is 11.1. The largest absolute Gasteiger partial charge is 0.496 e. The Balaban J connectivity index is 2.85. The Morgan fingerprint density at radius 2 is 2.29 bits per heavy atom. The van der Waals surface area contributed by atoms with E-state index in [0.29, 0.717) is 5.02 Å². The van der Waals surface area contributed by atoms with Gasteiger partial charge in [0.05, 0.1) is 7.11 Å². The van der Waals surface area contributed by atoms with Crippen LogP contribution in [0.15, 0.2) is 24.3 Å². The first-order valence-electron chi connectivity index (χ1n) is 4.42. The molecular weight excluding hydrogens is 198 g/mol. The van der Waals surface area contributed by atoms with Crippen LogP contribution < -0.4 is 10.1 Å². The summed E-state index contributed by atoms with van der Waals surface area (Å²) in [5.74, 6) is 0.796. The minimum Gasteiger partial charge on any atom is -0.496 e. The maximum absolute atomic E-state index is 5.84. The van der Waals surface area contributed by atoms with E-state index >= 15 is 0 Å². The molecule has 76 valence electrons. The Bertz CT molecular complexity index is 323. The second kappa shape index (κ2) is 5.68. The van der Waals surface area contributed by atoms with Crippen molar-refractivity contribution >= 4 is 17.7 Å². The average Bonchev–Trinajstić information content (AvgIpc) is 2.20. The normalized spacial score (nSPS) is 10.8. The third-order valence-electron chi connectivity index (χ3n) is 1.81. The highest BCUT2D eigenvalue weighted by molar-refractivity contribution is 6.30. The van der Waals surface area contributed by atoms with Crippen molar-refractivity contribution in [1.82, 2.24) is 5.32 Å². The van der Waals surface area contributed by atoms with Crippen LogP contribution >= 0.6 is 11.6 Å². The number of likely N-dealkylation sites (N-methyl/N-ethyl adjacent to an activating group) is 1. The molecule has 0 atom stereocenters. The second-order valence-electron chi connectivity index (χ2n) is 2.85. The maximum Gasteiger partial charge on any atom is 0.127 e. The summed E-state index contributed by atoms with van der Waals surface area (Å²) in [4.78, 5) is 0. The fourth-order valence-electron chi connectivity index (χ4n) is 1.13. The molecule has 0 spiro atoms. The zero-order valence-electron chi connectivity index (χ0n) is 8.38. The minimum atomic E-state index is 0.688. The van der Waals surface area contributed by atoms with Gasteiger partial charge in [-0.3, -0.25) is 0 Å². The zero-order chi connectivity index (χ0) is 10.4. The van der Waals surface area contributed by atoms with Crippen LogP contribution in [-0.2, 0) is 0 Å². The van der Waals surface area contributed by atoms with Gasteiger partial charge in [-0.1, -0.05) is 23.8 Å². The van der Waals surface area contributed by atoms with E-state index in [1.807, 2.05) is 31.3 Å². The Morgan fingerprint density at radius 3 is 2.93 bits per heavy atom. The van der Waals surface area contributed by atoms with Gasteiger partial charge in [-0.25, -0.2) is 0 Å². The zero-order valence-corrected chi connectivity index (χ0v) is 9.14. The summed E-state index contributed by atoms with van der Waals surface area (Å²) in [5, 5.41) is 3.72. The SMILES string of the molecule is CNCC=Cc1ccc(Cl)cc1OC. The molecule has 14 heavy (non-hydrogen) atoms. The van der Waals surface area contributed by atoms with Gasteiger partial charge >= 0.3 is 0 Å². The summed E-state index contributed by atoms with van der Waals surface area (Å²) < 4.78 is 5.20. The van der Waals surface area contributed by atoms with Crippen LogP contribution in [0.4, 0.5) is 0 Å². The van der Waals surface area contributed by atoms with Crippen molar-refractivity contribution in [2.75, 3.05) is 20.7 Å². The van der Waals surface area contributed by atoms with E-state index in [2.05, 4.69) is 5.32 Å². The molecule has 0 aromatic heterocycles. The molecule has 0 aliphatic heterocycles. The molecule has 0 saturated heterocycles. The molecule has 0 fully saturated rings. The van der Waals surface area contributed by atoms with Crippen molar-refractivity contribution in [3.8, 4) is 5.75 Å². The monoisotopic (exact) mass is 211 g/mol. The number of hydrogen-bond acceptors (Lipinski definition) is 2. The summed E-state index contributed by atoms with van der Waals surface area (Å²) in [5.41, 5.74) is 1.03. The van der Waals surface area contributed by atoms with Crippen molar-refractivity contribution in [2.24, 2.45) is 0 Å². The number of ether oxygens (including phenoxy) is 1. The molecule has 0 aliphatic carbocycles. The van der Waals surface area contributed by atoms with E-state index in [1.165, 1.54) is 0 Å². The molecule has 1 N–H and O–H groups in total. The molecule has 1 rings (SSSR count). The Morgan fingerprint density at radius 1 is 1.50 bits per heavy atom. The Hall–Kier alpha value is -0.990. The maximum atomic E-state index is 5.84. The predicted molar refractivity (Wildman–Crippen MR) is 61.0 cm³/mol. The van der Waals surface area contributed by atoms with E-state index < -0.39 is 0 Å². The molecule has 0 heterocycles. The molecule has 1 aromatic carbocycles. The van der Waals surface area contributed by atoms with Crippen molar-refractivity contribution in [3.63, 3.8) is 0 Å². The fourth-order valence-corrected chi connectivity index (χ4v) is 1.29. The molecule has 0 unspecified atom stereocenters. The molecule has 0 saturated carbocycles. The van der Waals surface area contributed by atoms with Crippen LogP contribution in [0.5, 0.6) is 5.75 Å². The predicted octanol–water partition coefficient (Wildman–Crippen LogP) is 2.58. The molecular formula is C11H14ClNO. The summed E-state index contributed by atoms with van der Waals surface area (Å²) >= 11 is 5.84. The standard InChI is InChI=1S/C11H14ClNO/c1-13-7-3-4-9-5-6-10(12)8-11(9)14-2/h3-6,8,13H,7H2,1-2H3. The van der Waals surface area contributed by atoms with Crippen molar-refractivity contribution in [1.29, 1.82) is 0 Å². The smallest absolute Gasteiger partial charge is 0.127 e. The van der Waals surface area contributed by atoms with Crippen molar-refractivity contribution < 1.29 is 4.74 Å². The molecule has 0 aliphatic rings. The third kappa shape index (κ3) is 3.05. The van der Waals surface area contributed by atoms with Gasteiger partial charge in [-0.2, -0.15) is 0 Å². The number of nitrogens with one attached hydrogen (secondary N) is 1. The van der Waals surface area contributed by atoms with Gasteiger partial charge in [0.2, 0.25) is 0 Å². The van der Waals surface area contributed by atoms with E-state index in [-0.39, 0.29) is 0 Å². The van der Waals surface area contributed by atoms with Gasteiger partial charge in [0.15, 0.2) is 0 Å². The number of rotatable bonds is 4. The highest BCUT2D eigenvalue weighted by Gasteiger charge is 1.99. The Kier molecular flexibility index (Phi) is 4.50. The van der Waals surface area contributed by atoms with Crippen LogP contribution in [0.25, 0.3) is 6.08 Å². The lowest BCUT2D eigenvalue weighted by molar-refractivity contribution is 0.414. The average molecular weight is 212 g/mol. The summed E-state index contributed by atoms with van der Waals surface area (Å²) in [6, 6.07) is 5.59. The lowest BCUT2D eigenvalue weighted by Crippen LogP contribution is -2.03. The first-order chi connectivity index (χ1) is 6.77. The molecule has 2 nitrogen and oxygen atoms in total. The molecule has 0 bridgehead atoms. The molecule has 3 heteroatoms. The molecule has 1 aromatic rings. The number of halogens is 1. The van der Waals surface area contributed by atoms with Crippen molar-refractivity contribution in [3.05, 3.63) is 34.9 Å². The van der Waals surface area contributed by atoms with E-state index in [0.717, 1.165) is 17.9 Å². The highest BCUT2D eigenvalue weighted by atomic mass is 35.5. The fraction of sp³-hybridized carbons (Fsp3) is 0.273. The number of hydrogen-bond donors (Lipinski definition) is 1.